The van der Waals surface area contributed by atoms with Crippen LogP contribution in [0.15, 0.2) is 24.3 Å². The second kappa shape index (κ2) is 6.99. The minimum Gasteiger partial charge on any atom is -0.286 e. The van der Waals surface area contributed by atoms with E-state index in [-0.39, 0.29) is 23.7 Å². The molecule has 0 bridgehead atoms. The highest BCUT2D eigenvalue weighted by Crippen LogP contribution is 2.39. The van der Waals surface area contributed by atoms with Crippen molar-refractivity contribution in [3.63, 3.8) is 0 Å². The first-order chi connectivity index (χ1) is 13.2. The Hall–Kier alpha value is -1.79. The lowest BCUT2D eigenvalue weighted by Crippen LogP contribution is -2.44. The summed E-state index contributed by atoms with van der Waals surface area (Å²) >= 11 is 1.80. The van der Waals surface area contributed by atoms with Crippen LogP contribution < -0.4 is 0 Å². The molecular formula is C21H25N3O2S. The number of fused-ring (bicyclic) bond motifs is 2. The lowest BCUT2D eigenvalue weighted by atomic mass is 9.81. The molecule has 2 saturated heterocycles. The van der Waals surface area contributed by atoms with Crippen molar-refractivity contribution in [2.45, 2.75) is 44.4 Å². The molecule has 3 heterocycles. The van der Waals surface area contributed by atoms with E-state index in [0.717, 1.165) is 57.1 Å². The van der Waals surface area contributed by atoms with Crippen LogP contribution in [0.1, 0.15) is 49.5 Å². The fraction of sp³-hybridized carbons (Fsp3) is 0.571. The van der Waals surface area contributed by atoms with Gasteiger partial charge in [-0.15, -0.1) is 11.3 Å². The molecule has 2 amide bonds. The summed E-state index contributed by atoms with van der Waals surface area (Å²) in [7, 11) is 0. The Balaban J connectivity index is 1.22. The monoisotopic (exact) mass is 383 g/mol. The number of thiazole rings is 1. The largest absolute Gasteiger partial charge is 0.286 e. The van der Waals surface area contributed by atoms with Crippen molar-refractivity contribution in [3.8, 4) is 0 Å². The molecule has 5 nitrogen and oxygen atoms in total. The molecule has 1 aliphatic carbocycles. The number of hydrogen-bond donors (Lipinski definition) is 0. The molecule has 0 spiro atoms. The predicted octanol–water partition coefficient (Wildman–Crippen LogP) is 3.61. The van der Waals surface area contributed by atoms with E-state index < -0.39 is 0 Å². The third-order valence-corrected chi connectivity index (χ3v) is 7.72. The topological polar surface area (TPSA) is 53.5 Å². The van der Waals surface area contributed by atoms with Gasteiger partial charge in [-0.05, 0) is 37.8 Å². The highest BCUT2D eigenvalue weighted by molar-refractivity contribution is 7.18. The van der Waals surface area contributed by atoms with Crippen LogP contribution in [0.2, 0.25) is 0 Å². The fourth-order valence-electron chi connectivity index (χ4n) is 4.96. The van der Waals surface area contributed by atoms with Crippen molar-refractivity contribution < 1.29 is 9.59 Å². The Morgan fingerprint density at radius 1 is 0.963 bits per heavy atom. The van der Waals surface area contributed by atoms with Crippen molar-refractivity contribution >= 4 is 33.4 Å². The number of aromatic nitrogens is 1. The number of benzene rings is 1. The zero-order valence-electron chi connectivity index (χ0n) is 15.5. The molecule has 1 aromatic carbocycles. The molecule has 5 rings (SSSR count). The van der Waals surface area contributed by atoms with Crippen molar-refractivity contribution in [1.82, 2.24) is 14.8 Å². The van der Waals surface area contributed by atoms with E-state index in [9.17, 15) is 9.59 Å². The van der Waals surface area contributed by atoms with Gasteiger partial charge in [-0.1, -0.05) is 25.0 Å². The quantitative estimate of drug-likeness (QED) is 0.760. The standard InChI is InChI=1S/C21H25N3O2S/c25-20-15-5-1-2-6-16(15)21(26)24(20)13-23-11-9-14(10-12-23)19-22-17-7-3-4-8-18(17)27-19/h3-4,7-8,14-16H,1-2,5-6,9-13H2/t15-,16-/m0/s1. The van der Waals surface area contributed by atoms with E-state index in [4.69, 9.17) is 4.98 Å². The number of para-hydroxylation sites is 1. The van der Waals surface area contributed by atoms with Gasteiger partial charge in [0.05, 0.1) is 33.7 Å². The van der Waals surface area contributed by atoms with E-state index in [1.165, 1.54) is 9.71 Å². The summed E-state index contributed by atoms with van der Waals surface area (Å²) in [5.74, 6) is 0.584. The summed E-state index contributed by atoms with van der Waals surface area (Å²) in [5.41, 5.74) is 1.09. The molecule has 2 atom stereocenters. The van der Waals surface area contributed by atoms with E-state index in [0.29, 0.717) is 12.6 Å². The number of nitrogens with zero attached hydrogens (tertiary/aromatic N) is 3. The highest BCUT2D eigenvalue weighted by atomic mass is 32.1. The predicted molar refractivity (Wildman–Crippen MR) is 105 cm³/mol. The lowest BCUT2D eigenvalue weighted by molar-refractivity contribution is -0.142. The smallest absolute Gasteiger partial charge is 0.234 e. The first kappa shape index (κ1) is 17.3. The summed E-state index contributed by atoms with van der Waals surface area (Å²) < 4.78 is 1.26. The summed E-state index contributed by atoms with van der Waals surface area (Å²) in [6, 6.07) is 8.31. The zero-order chi connectivity index (χ0) is 18.4. The Morgan fingerprint density at radius 3 is 2.30 bits per heavy atom. The molecule has 3 fully saturated rings. The van der Waals surface area contributed by atoms with Crippen molar-refractivity contribution in [3.05, 3.63) is 29.3 Å². The molecule has 1 saturated carbocycles. The molecule has 27 heavy (non-hydrogen) atoms. The lowest BCUT2D eigenvalue weighted by Gasteiger charge is -2.33. The number of hydrogen-bond acceptors (Lipinski definition) is 5. The van der Waals surface area contributed by atoms with Gasteiger partial charge in [0.25, 0.3) is 0 Å². The summed E-state index contributed by atoms with van der Waals surface area (Å²) in [4.78, 5) is 34.0. The first-order valence-corrected chi connectivity index (χ1v) is 11.0. The van der Waals surface area contributed by atoms with E-state index in [2.05, 4.69) is 23.1 Å². The maximum absolute atomic E-state index is 12.7. The van der Waals surface area contributed by atoms with E-state index in [1.807, 2.05) is 6.07 Å². The minimum atomic E-state index is -0.0356. The molecule has 2 aromatic rings. The van der Waals surface area contributed by atoms with Crippen molar-refractivity contribution in [2.24, 2.45) is 11.8 Å². The van der Waals surface area contributed by atoms with E-state index >= 15 is 0 Å². The van der Waals surface area contributed by atoms with Gasteiger partial charge in [0, 0.05) is 19.0 Å². The Bertz CT molecular complexity index is 814. The SMILES string of the molecule is O=C1[C@H]2CCCC[C@@H]2C(=O)N1CN1CCC(c2nc3ccccc3s2)CC1. The maximum Gasteiger partial charge on any atom is 0.234 e. The van der Waals surface area contributed by atoms with Gasteiger partial charge in [0.2, 0.25) is 11.8 Å². The number of likely N-dealkylation sites (tertiary alicyclic amines) is 2. The third kappa shape index (κ3) is 3.09. The van der Waals surface area contributed by atoms with Crippen LogP contribution in [0.5, 0.6) is 0 Å². The van der Waals surface area contributed by atoms with E-state index in [1.54, 1.807) is 16.2 Å². The molecule has 142 valence electrons. The van der Waals surface area contributed by atoms with Gasteiger partial charge in [-0.25, -0.2) is 4.98 Å². The number of piperidine rings is 1. The summed E-state index contributed by atoms with van der Waals surface area (Å²) in [5, 5.41) is 1.23. The Labute approximate surface area is 163 Å². The van der Waals surface area contributed by atoms with Gasteiger partial charge in [-0.3, -0.25) is 19.4 Å². The van der Waals surface area contributed by atoms with Gasteiger partial charge in [0.15, 0.2) is 0 Å². The van der Waals surface area contributed by atoms with Crippen molar-refractivity contribution in [2.75, 3.05) is 19.8 Å². The Kier molecular flexibility index (Phi) is 4.48. The van der Waals surface area contributed by atoms with Crippen LogP contribution in [-0.4, -0.2) is 46.4 Å². The van der Waals surface area contributed by atoms with Crippen LogP contribution in [0.3, 0.4) is 0 Å². The number of amides is 2. The van der Waals surface area contributed by atoms with Crippen LogP contribution in [-0.2, 0) is 9.59 Å². The number of carbonyl (C=O) groups excluding carboxylic acids is 2. The molecule has 2 aliphatic heterocycles. The molecule has 6 heteroatoms. The second-order valence-corrected chi connectivity index (χ2v) is 9.22. The van der Waals surface area contributed by atoms with Crippen LogP contribution in [0.25, 0.3) is 10.2 Å². The molecule has 0 radical (unpaired) electrons. The highest BCUT2D eigenvalue weighted by Gasteiger charge is 2.48. The number of carbonyl (C=O) groups is 2. The molecule has 1 aromatic heterocycles. The summed E-state index contributed by atoms with van der Waals surface area (Å²) in [6.07, 6.45) is 6.05. The Morgan fingerprint density at radius 2 is 1.63 bits per heavy atom. The molecular weight excluding hydrogens is 358 g/mol. The van der Waals surface area contributed by atoms with Gasteiger partial charge in [0.1, 0.15) is 0 Å². The average Bonchev–Trinajstić information content (AvgIpc) is 3.24. The van der Waals surface area contributed by atoms with Crippen molar-refractivity contribution in [1.29, 1.82) is 0 Å². The first-order valence-electron chi connectivity index (χ1n) is 10.1. The second-order valence-electron chi connectivity index (χ2n) is 8.16. The van der Waals surface area contributed by atoms with Crippen LogP contribution >= 0.6 is 11.3 Å². The number of imide groups is 1. The average molecular weight is 384 g/mol. The van der Waals surface area contributed by atoms with Gasteiger partial charge in [-0.2, -0.15) is 0 Å². The molecule has 3 aliphatic rings. The normalized spacial score (nSPS) is 27.5. The number of rotatable bonds is 3. The maximum atomic E-state index is 12.7. The van der Waals surface area contributed by atoms with Gasteiger partial charge >= 0.3 is 0 Å². The molecule has 0 unspecified atom stereocenters. The zero-order valence-corrected chi connectivity index (χ0v) is 16.3. The fourth-order valence-corrected chi connectivity index (χ4v) is 6.09. The summed E-state index contributed by atoms with van der Waals surface area (Å²) in [6.45, 7) is 2.33. The van der Waals surface area contributed by atoms with Crippen LogP contribution in [0, 0.1) is 11.8 Å². The third-order valence-electron chi connectivity index (χ3n) is 6.52. The molecule has 0 N–H and O–H groups in total. The van der Waals surface area contributed by atoms with Crippen LogP contribution in [0.4, 0.5) is 0 Å². The van der Waals surface area contributed by atoms with Gasteiger partial charge < -0.3 is 0 Å². The minimum absolute atomic E-state index is 0.0356.